The SMILES string of the molecule is CC1(C)[C@@H]2CC[C@@H](CCN3[C@H]4CCC[C@H]3CC(n3c(=O)c(P(=O)(O)O)nc5ccccc53)C4)[C@H]1C2. The maximum Gasteiger partial charge on any atom is 0.380 e. The van der Waals surface area contributed by atoms with Crippen LogP contribution in [0.5, 0.6) is 0 Å². The van der Waals surface area contributed by atoms with E-state index < -0.39 is 18.6 Å². The van der Waals surface area contributed by atoms with E-state index in [1.54, 1.807) is 16.7 Å². The summed E-state index contributed by atoms with van der Waals surface area (Å²) in [5, 5.41) is 0. The second-order valence-corrected chi connectivity index (χ2v) is 13.7. The molecule has 0 spiro atoms. The Kier molecular flexibility index (Phi) is 5.80. The minimum Gasteiger partial charge on any atom is -0.320 e. The molecule has 2 aliphatic heterocycles. The highest BCUT2D eigenvalue weighted by Crippen LogP contribution is 2.62. The zero-order valence-electron chi connectivity index (χ0n) is 20.8. The van der Waals surface area contributed by atoms with Crippen LogP contribution in [0.15, 0.2) is 29.1 Å². The van der Waals surface area contributed by atoms with Crippen LogP contribution in [-0.2, 0) is 4.57 Å². The fourth-order valence-electron chi connectivity index (χ4n) is 8.34. The summed E-state index contributed by atoms with van der Waals surface area (Å²) in [6.07, 6.45) is 10.7. The first-order valence-corrected chi connectivity index (χ1v) is 15.1. The van der Waals surface area contributed by atoms with Crippen LogP contribution >= 0.6 is 7.60 Å². The van der Waals surface area contributed by atoms with Crippen molar-refractivity contribution in [3.8, 4) is 0 Å². The van der Waals surface area contributed by atoms with Gasteiger partial charge in [-0.25, -0.2) is 4.98 Å². The molecule has 7 nitrogen and oxygen atoms in total. The van der Waals surface area contributed by atoms with Crippen molar-refractivity contribution >= 4 is 24.1 Å². The van der Waals surface area contributed by atoms with Gasteiger partial charge in [0.05, 0.1) is 11.0 Å². The van der Waals surface area contributed by atoms with E-state index in [2.05, 4.69) is 23.7 Å². The molecule has 5 atom stereocenters. The predicted molar refractivity (Wildman–Crippen MR) is 137 cm³/mol. The number of aromatic nitrogens is 2. The molecule has 2 saturated heterocycles. The number of rotatable bonds is 5. The molecule has 0 radical (unpaired) electrons. The van der Waals surface area contributed by atoms with Gasteiger partial charge in [0, 0.05) is 18.1 Å². The molecule has 8 heteroatoms. The molecule has 1 aromatic heterocycles. The Balaban J connectivity index is 1.26. The molecule has 5 fully saturated rings. The number of fused-ring (bicyclic) bond motifs is 5. The second kappa shape index (κ2) is 8.51. The Morgan fingerprint density at radius 2 is 1.74 bits per heavy atom. The summed E-state index contributed by atoms with van der Waals surface area (Å²) in [7, 11) is -4.77. The van der Waals surface area contributed by atoms with Gasteiger partial charge in [-0.15, -0.1) is 0 Å². The molecular weight excluding hydrogens is 461 g/mol. The maximum absolute atomic E-state index is 13.4. The molecular formula is C27H38N3O4P. The normalized spacial score (nSPS) is 34.5. The first kappa shape index (κ1) is 23.8. The van der Waals surface area contributed by atoms with Gasteiger partial charge in [-0.2, -0.15) is 0 Å². The number of hydrogen-bond donors (Lipinski definition) is 2. The quantitative estimate of drug-likeness (QED) is 0.598. The van der Waals surface area contributed by atoms with Gasteiger partial charge >= 0.3 is 7.60 Å². The average molecular weight is 500 g/mol. The lowest BCUT2D eigenvalue weighted by Gasteiger charge is -2.60. The molecule has 2 aromatic rings. The van der Waals surface area contributed by atoms with E-state index in [0.717, 1.165) is 50.0 Å². The number of hydrogen-bond acceptors (Lipinski definition) is 4. The summed E-state index contributed by atoms with van der Waals surface area (Å²) in [6, 6.07) is 8.04. The Labute approximate surface area is 207 Å². The Hall–Kier alpha value is -1.53. The van der Waals surface area contributed by atoms with Crippen LogP contribution in [0.4, 0.5) is 0 Å². The third-order valence-corrected chi connectivity index (χ3v) is 11.1. The average Bonchev–Trinajstić information content (AvgIpc) is 2.81. The molecule has 0 amide bonds. The minimum absolute atomic E-state index is 0.0618. The van der Waals surface area contributed by atoms with E-state index in [9.17, 15) is 19.1 Å². The summed E-state index contributed by atoms with van der Waals surface area (Å²) in [4.78, 5) is 39.9. The molecule has 0 unspecified atom stereocenters. The van der Waals surface area contributed by atoms with Crippen LogP contribution in [0, 0.1) is 23.2 Å². The minimum atomic E-state index is -4.77. The standard InChI is InChI=1S/C27H38N3O4P/c1-27(2)18-11-10-17(22(27)14-18)12-13-29-19-6-5-7-20(29)16-21(15-19)30-24-9-4-3-8-23(24)28-25(26(30)31)35(32,33)34/h3-4,8-9,17-22H,5-7,10-16H2,1-2H3,(H2,32,33,34)/t17-,18+,19-,20-,22+/m0/s1. The highest BCUT2D eigenvalue weighted by atomic mass is 31.2. The van der Waals surface area contributed by atoms with Crippen molar-refractivity contribution in [3.63, 3.8) is 0 Å². The molecule has 3 aliphatic carbocycles. The van der Waals surface area contributed by atoms with Crippen LogP contribution < -0.4 is 11.0 Å². The zero-order chi connectivity index (χ0) is 24.5. The molecule has 190 valence electrons. The van der Waals surface area contributed by atoms with Crippen molar-refractivity contribution in [2.45, 2.75) is 89.8 Å². The van der Waals surface area contributed by atoms with Gasteiger partial charge in [-0.05, 0) is 93.2 Å². The smallest absolute Gasteiger partial charge is 0.320 e. The first-order valence-electron chi connectivity index (χ1n) is 13.5. The third-order valence-electron chi connectivity index (χ3n) is 10.3. The summed E-state index contributed by atoms with van der Waals surface area (Å²) < 4.78 is 13.8. The highest BCUT2D eigenvalue weighted by molar-refractivity contribution is 7.59. The number of piperidine rings is 2. The van der Waals surface area contributed by atoms with Crippen LogP contribution in [-0.4, -0.2) is 42.9 Å². The predicted octanol–water partition coefficient (Wildman–Crippen LogP) is 4.22. The zero-order valence-corrected chi connectivity index (χ0v) is 21.7. The van der Waals surface area contributed by atoms with Crippen molar-refractivity contribution in [3.05, 3.63) is 34.6 Å². The monoisotopic (exact) mass is 499 g/mol. The summed E-state index contributed by atoms with van der Waals surface area (Å²) >= 11 is 0. The second-order valence-electron chi connectivity index (χ2n) is 12.2. The lowest BCUT2D eigenvalue weighted by molar-refractivity contribution is -0.111. The van der Waals surface area contributed by atoms with Crippen molar-refractivity contribution in [1.82, 2.24) is 14.5 Å². The first-order chi connectivity index (χ1) is 16.6. The van der Waals surface area contributed by atoms with Gasteiger partial charge in [0.1, 0.15) is 0 Å². The van der Waals surface area contributed by atoms with E-state index in [4.69, 9.17) is 0 Å². The summed E-state index contributed by atoms with van der Waals surface area (Å²) in [5.41, 5.74) is 0.415. The molecule has 3 saturated carbocycles. The van der Waals surface area contributed by atoms with Gasteiger partial charge in [-0.1, -0.05) is 32.4 Å². The highest BCUT2D eigenvalue weighted by Gasteiger charge is 2.54. The third kappa shape index (κ3) is 3.94. The summed E-state index contributed by atoms with van der Waals surface area (Å²) in [5.74, 6) is 2.66. The van der Waals surface area contributed by atoms with Gasteiger partial charge in [0.2, 0.25) is 5.44 Å². The largest absolute Gasteiger partial charge is 0.380 e. The van der Waals surface area contributed by atoms with E-state index in [0.29, 0.717) is 28.5 Å². The van der Waals surface area contributed by atoms with E-state index >= 15 is 0 Å². The molecule has 7 rings (SSSR count). The van der Waals surface area contributed by atoms with Gasteiger partial charge in [0.15, 0.2) is 0 Å². The lowest BCUT2D eigenvalue weighted by atomic mass is 9.45. The van der Waals surface area contributed by atoms with Crippen LogP contribution in [0.25, 0.3) is 11.0 Å². The Bertz CT molecular complexity index is 1220. The Morgan fingerprint density at radius 3 is 2.40 bits per heavy atom. The van der Waals surface area contributed by atoms with Gasteiger partial charge < -0.3 is 14.4 Å². The van der Waals surface area contributed by atoms with Crippen LogP contribution in [0.1, 0.15) is 77.7 Å². The summed E-state index contributed by atoms with van der Waals surface area (Å²) in [6.45, 7) is 6.09. The topological polar surface area (TPSA) is 95.7 Å². The molecule has 2 N–H and O–H groups in total. The van der Waals surface area contributed by atoms with Crippen LogP contribution in [0.3, 0.4) is 0 Å². The molecule has 1 aromatic carbocycles. The molecule has 35 heavy (non-hydrogen) atoms. The van der Waals surface area contributed by atoms with Gasteiger partial charge in [0.25, 0.3) is 5.56 Å². The van der Waals surface area contributed by atoms with Crippen LogP contribution in [0.2, 0.25) is 0 Å². The van der Waals surface area contributed by atoms with E-state index in [1.165, 1.54) is 32.1 Å². The maximum atomic E-state index is 13.4. The van der Waals surface area contributed by atoms with Crippen molar-refractivity contribution in [2.24, 2.45) is 23.2 Å². The fourth-order valence-corrected chi connectivity index (χ4v) is 8.94. The van der Waals surface area contributed by atoms with E-state index in [1.807, 2.05) is 12.1 Å². The number of nitrogens with zero attached hydrogens (tertiary/aromatic N) is 3. The van der Waals surface area contributed by atoms with Gasteiger partial charge in [-0.3, -0.25) is 14.3 Å². The molecule has 4 bridgehead atoms. The fraction of sp³-hybridized carbons (Fsp3) is 0.704. The van der Waals surface area contributed by atoms with E-state index in [-0.39, 0.29) is 6.04 Å². The van der Waals surface area contributed by atoms with Crippen molar-refractivity contribution in [2.75, 3.05) is 6.54 Å². The Morgan fingerprint density at radius 1 is 1.03 bits per heavy atom. The molecule has 5 aliphatic rings. The van der Waals surface area contributed by atoms with Crippen molar-refractivity contribution in [1.29, 1.82) is 0 Å². The lowest BCUT2D eigenvalue weighted by Crippen LogP contribution is -2.56. The molecule has 3 heterocycles. The van der Waals surface area contributed by atoms with Crippen molar-refractivity contribution < 1.29 is 14.4 Å². The number of benzene rings is 1. The number of para-hydroxylation sites is 2.